The Hall–Kier alpha value is -1.07. The summed E-state index contributed by atoms with van der Waals surface area (Å²) < 4.78 is 0. The molecule has 134 valence electrons. The van der Waals surface area contributed by atoms with Crippen molar-refractivity contribution in [3.05, 3.63) is 56.8 Å². The smallest absolute Gasteiger partial charge is 0.0333 e. The van der Waals surface area contributed by atoms with Crippen LogP contribution >= 0.6 is 23.1 Å². The normalized spacial score (nSPS) is 15.6. The molecule has 0 fully saturated rings. The second-order valence-corrected chi connectivity index (χ2v) is 9.47. The number of rotatable bonds is 5. The number of hydrogen-bond donors (Lipinski definition) is 0. The van der Waals surface area contributed by atoms with Gasteiger partial charge in [-0.05, 0) is 58.2 Å². The lowest BCUT2D eigenvalue weighted by Gasteiger charge is -2.13. The summed E-state index contributed by atoms with van der Waals surface area (Å²) in [6, 6.07) is 8.94. The fraction of sp³-hybridized carbons (Fsp3) is 0.429. The SMILES string of the molecule is Cc1sc(CN(C)C)c2c1C(=CCCN(C)C)c1ccccc1CS2. The van der Waals surface area contributed by atoms with Gasteiger partial charge in [0.05, 0.1) is 0 Å². The van der Waals surface area contributed by atoms with E-state index >= 15 is 0 Å². The fourth-order valence-electron chi connectivity index (χ4n) is 3.31. The van der Waals surface area contributed by atoms with Gasteiger partial charge in [-0.25, -0.2) is 0 Å². The Kier molecular flexibility index (Phi) is 6.05. The Labute approximate surface area is 160 Å². The van der Waals surface area contributed by atoms with Crippen LogP contribution in [0, 0.1) is 6.92 Å². The molecule has 1 aliphatic heterocycles. The standard InChI is InChI=1S/C21H28N2S2/c1-15-20-18(11-8-12-22(2)3)17-10-7-6-9-16(17)14-24-21(20)19(25-15)13-23(4)5/h6-7,9-11H,8,12-14H2,1-5H3. The minimum absolute atomic E-state index is 1.02. The summed E-state index contributed by atoms with van der Waals surface area (Å²) in [5.41, 5.74) is 5.80. The molecule has 0 aliphatic carbocycles. The average Bonchev–Trinajstić information content (AvgIpc) is 2.75. The number of thioether (sulfide) groups is 1. The van der Waals surface area contributed by atoms with Gasteiger partial charge < -0.3 is 9.80 Å². The zero-order chi connectivity index (χ0) is 18.0. The number of benzene rings is 1. The highest BCUT2D eigenvalue weighted by molar-refractivity contribution is 7.98. The van der Waals surface area contributed by atoms with E-state index in [-0.39, 0.29) is 0 Å². The third-order valence-electron chi connectivity index (χ3n) is 4.44. The van der Waals surface area contributed by atoms with E-state index in [4.69, 9.17) is 0 Å². The number of hydrogen-bond acceptors (Lipinski definition) is 4. The molecule has 0 N–H and O–H groups in total. The summed E-state index contributed by atoms with van der Waals surface area (Å²) in [6.45, 7) is 4.40. The summed E-state index contributed by atoms with van der Waals surface area (Å²) in [5, 5.41) is 0. The molecule has 0 atom stereocenters. The van der Waals surface area contributed by atoms with Gasteiger partial charge in [0.15, 0.2) is 0 Å². The summed E-state index contributed by atoms with van der Waals surface area (Å²) in [7, 11) is 8.61. The Bertz CT molecular complexity index is 772. The van der Waals surface area contributed by atoms with Crippen LogP contribution in [0.4, 0.5) is 0 Å². The predicted octanol–water partition coefficient (Wildman–Crippen LogP) is 5.11. The Morgan fingerprint density at radius 1 is 1.08 bits per heavy atom. The van der Waals surface area contributed by atoms with Crippen LogP contribution in [0.1, 0.15) is 32.9 Å². The van der Waals surface area contributed by atoms with Crippen molar-refractivity contribution in [2.75, 3.05) is 34.7 Å². The molecule has 0 radical (unpaired) electrons. The van der Waals surface area contributed by atoms with Crippen LogP contribution in [0.2, 0.25) is 0 Å². The van der Waals surface area contributed by atoms with Crippen LogP contribution in [0.15, 0.2) is 35.2 Å². The molecule has 0 saturated carbocycles. The molecular formula is C21H28N2S2. The van der Waals surface area contributed by atoms with Crippen molar-refractivity contribution in [3.8, 4) is 0 Å². The molecule has 0 bridgehead atoms. The Morgan fingerprint density at radius 3 is 2.56 bits per heavy atom. The van der Waals surface area contributed by atoms with E-state index < -0.39 is 0 Å². The van der Waals surface area contributed by atoms with Gasteiger partial charge in [-0.2, -0.15) is 0 Å². The van der Waals surface area contributed by atoms with E-state index in [2.05, 4.69) is 75.3 Å². The van der Waals surface area contributed by atoms with Gasteiger partial charge in [0.2, 0.25) is 0 Å². The van der Waals surface area contributed by atoms with E-state index in [1.807, 2.05) is 23.1 Å². The largest absolute Gasteiger partial charge is 0.309 e. The quantitative estimate of drug-likeness (QED) is 0.720. The lowest BCUT2D eigenvalue weighted by Crippen LogP contribution is -2.12. The van der Waals surface area contributed by atoms with Crippen LogP contribution < -0.4 is 0 Å². The first-order valence-corrected chi connectivity index (χ1v) is 10.6. The minimum Gasteiger partial charge on any atom is -0.309 e. The highest BCUT2D eigenvalue weighted by Gasteiger charge is 2.25. The number of nitrogens with zero attached hydrogens (tertiary/aromatic N) is 2. The molecule has 2 nitrogen and oxygen atoms in total. The van der Waals surface area contributed by atoms with Gasteiger partial charge in [-0.3, -0.25) is 0 Å². The van der Waals surface area contributed by atoms with Crippen LogP contribution in [-0.4, -0.2) is 44.5 Å². The summed E-state index contributed by atoms with van der Waals surface area (Å²) in [5.74, 6) is 1.06. The molecule has 0 amide bonds. The van der Waals surface area contributed by atoms with Crippen molar-refractivity contribution in [2.24, 2.45) is 0 Å². The lowest BCUT2D eigenvalue weighted by atomic mass is 9.93. The second-order valence-electron chi connectivity index (χ2n) is 7.18. The van der Waals surface area contributed by atoms with Crippen molar-refractivity contribution in [2.45, 2.75) is 30.5 Å². The molecule has 25 heavy (non-hydrogen) atoms. The van der Waals surface area contributed by atoms with Gasteiger partial charge in [0.1, 0.15) is 0 Å². The van der Waals surface area contributed by atoms with Gasteiger partial charge in [0, 0.05) is 39.1 Å². The number of thiophene rings is 1. The molecule has 0 spiro atoms. The molecule has 3 rings (SSSR count). The zero-order valence-corrected chi connectivity index (χ0v) is 17.6. The van der Waals surface area contributed by atoms with Crippen LogP contribution in [0.25, 0.3) is 5.57 Å². The van der Waals surface area contributed by atoms with Crippen molar-refractivity contribution in [1.82, 2.24) is 9.80 Å². The van der Waals surface area contributed by atoms with E-state index in [0.29, 0.717) is 0 Å². The minimum atomic E-state index is 1.02. The molecule has 0 unspecified atom stereocenters. The Balaban J connectivity index is 2.10. The van der Waals surface area contributed by atoms with E-state index in [1.165, 1.54) is 36.9 Å². The van der Waals surface area contributed by atoms with Gasteiger partial charge in [0.25, 0.3) is 0 Å². The second kappa shape index (κ2) is 8.09. The zero-order valence-electron chi connectivity index (χ0n) is 15.9. The van der Waals surface area contributed by atoms with Gasteiger partial charge in [-0.1, -0.05) is 30.3 Å². The monoisotopic (exact) mass is 372 g/mol. The molecule has 1 aliphatic rings. The van der Waals surface area contributed by atoms with Crippen LogP contribution in [-0.2, 0) is 12.3 Å². The number of aryl methyl sites for hydroxylation is 1. The molecule has 1 aromatic heterocycles. The topological polar surface area (TPSA) is 6.48 Å². The number of fused-ring (bicyclic) bond motifs is 2. The van der Waals surface area contributed by atoms with Crippen LogP contribution in [0.3, 0.4) is 0 Å². The Morgan fingerprint density at radius 2 is 1.84 bits per heavy atom. The van der Waals surface area contributed by atoms with Gasteiger partial charge >= 0.3 is 0 Å². The van der Waals surface area contributed by atoms with Crippen molar-refractivity contribution >= 4 is 28.7 Å². The molecule has 4 heteroatoms. The van der Waals surface area contributed by atoms with E-state index in [0.717, 1.165) is 25.3 Å². The van der Waals surface area contributed by atoms with E-state index in [1.54, 1.807) is 0 Å². The molecule has 2 aromatic rings. The summed E-state index contributed by atoms with van der Waals surface area (Å²) in [6.07, 6.45) is 3.54. The molecular weight excluding hydrogens is 344 g/mol. The maximum Gasteiger partial charge on any atom is 0.0333 e. The van der Waals surface area contributed by atoms with Crippen molar-refractivity contribution < 1.29 is 0 Å². The first-order valence-electron chi connectivity index (χ1n) is 8.80. The molecule has 0 saturated heterocycles. The van der Waals surface area contributed by atoms with Crippen molar-refractivity contribution in [3.63, 3.8) is 0 Å². The maximum absolute atomic E-state index is 2.46. The lowest BCUT2D eigenvalue weighted by molar-refractivity contribution is 0.403. The van der Waals surface area contributed by atoms with Gasteiger partial charge in [-0.15, -0.1) is 23.1 Å². The van der Waals surface area contributed by atoms with Crippen molar-refractivity contribution in [1.29, 1.82) is 0 Å². The average molecular weight is 373 g/mol. The van der Waals surface area contributed by atoms with Crippen LogP contribution in [0.5, 0.6) is 0 Å². The third-order valence-corrected chi connectivity index (χ3v) is 6.86. The highest BCUT2D eigenvalue weighted by atomic mass is 32.2. The maximum atomic E-state index is 2.46. The third kappa shape index (κ3) is 4.20. The van der Waals surface area contributed by atoms with E-state index in [9.17, 15) is 0 Å². The highest BCUT2D eigenvalue weighted by Crippen LogP contribution is 2.47. The summed E-state index contributed by atoms with van der Waals surface area (Å²) >= 11 is 3.99. The predicted molar refractivity (Wildman–Crippen MR) is 113 cm³/mol. The first kappa shape index (κ1) is 18.7. The fourth-order valence-corrected chi connectivity index (χ4v) is 6.06. The molecule has 2 heterocycles. The summed E-state index contributed by atoms with van der Waals surface area (Å²) in [4.78, 5) is 9.00. The molecule has 1 aromatic carbocycles. The first-order chi connectivity index (χ1) is 12.0.